The third-order valence-electron chi connectivity index (χ3n) is 4.44. The first-order valence-electron chi connectivity index (χ1n) is 7.88. The SMILES string of the molecule is N#Cc1cccc(CN2CCC[C@@H]2c2nnc3ccccn23)c1. The van der Waals surface area contributed by atoms with E-state index in [1.165, 1.54) is 5.56 Å². The number of hydrogen-bond donors (Lipinski definition) is 0. The second-order valence-corrected chi connectivity index (χ2v) is 5.93. The molecule has 5 nitrogen and oxygen atoms in total. The summed E-state index contributed by atoms with van der Waals surface area (Å²) < 4.78 is 2.08. The molecule has 1 fully saturated rings. The fourth-order valence-corrected chi connectivity index (χ4v) is 3.37. The summed E-state index contributed by atoms with van der Waals surface area (Å²) in [6.07, 6.45) is 4.27. The van der Waals surface area contributed by atoms with E-state index in [9.17, 15) is 0 Å². The van der Waals surface area contributed by atoms with E-state index in [-0.39, 0.29) is 6.04 Å². The third kappa shape index (κ3) is 2.58. The molecule has 0 amide bonds. The summed E-state index contributed by atoms with van der Waals surface area (Å²) in [5, 5.41) is 17.8. The predicted octanol–water partition coefficient (Wildman–Crippen LogP) is 2.94. The minimum absolute atomic E-state index is 0.276. The fraction of sp³-hybridized carbons (Fsp3) is 0.278. The Hall–Kier alpha value is -2.71. The van der Waals surface area contributed by atoms with E-state index in [0.717, 1.165) is 37.4 Å². The molecule has 2 aromatic heterocycles. The number of likely N-dealkylation sites (tertiary alicyclic amines) is 1. The Balaban J connectivity index is 1.63. The molecule has 0 saturated carbocycles. The number of nitriles is 1. The Bertz CT molecular complexity index is 876. The molecule has 0 radical (unpaired) electrons. The van der Waals surface area contributed by atoms with Gasteiger partial charge in [0.05, 0.1) is 17.7 Å². The van der Waals surface area contributed by atoms with E-state index >= 15 is 0 Å². The van der Waals surface area contributed by atoms with Gasteiger partial charge >= 0.3 is 0 Å². The predicted molar refractivity (Wildman–Crippen MR) is 86.5 cm³/mol. The fourth-order valence-electron chi connectivity index (χ4n) is 3.37. The van der Waals surface area contributed by atoms with Crippen molar-refractivity contribution >= 4 is 5.65 Å². The topological polar surface area (TPSA) is 57.2 Å². The zero-order chi connectivity index (χ0) is 15.6. The Morgan fingerprint density at radius 2 is 2.13 bits per heavy atom. The normalized spacial score (nSPS) is 18.3. The van der Waals surface area contributed by atoms with Gasteiger partial charge in [0.15, 0.2) is 11.5 Å². The molecule has 3 aromatic rings. The molecule has 114 valence electrons. The molecular weight excluding hydrogens is 286 g/mol. The second-order valence-electron chi connectivity index (χ2n) is 5.93. The summed E-state index contributed by atoms with van der Waals surface area (Å²) in [6, 6.07) is 16.3. The summed E-state index contributed by atoms with van der Waals surface area (Å²) in [5.41, 5.74) is 2.77. The van der Waals surface area contributed by atoms with Gasteiger partial charge in [0.2, 0.25) is 0 Å². The molecule has 0 N–H and O–H groups in total. The first-order chi connectivity index (χ1) is 11.3. The van der Waals surface area contributed by atoms with Crippen molar-refractivity contribution in [3.8, 4) is 6.07 Å². The lowest BCUT2D eigenvalue weighted by molar-refractivity contribution is 0.238. The van der Waals surface area contributed by atoms with Crippen LogP contribution in [0.15, 0.2) is 48.7 Å². The van der Waals surface area contributed by atoms with Crippen molar-refractivity contribution in [2.75, 3.05) is 6.54 Å². The number of pyridine rings is 1. The van der Waals surface area contributed by atoms with E-state index < -0.39 is 0 Å². The quantitative estimate of drug-likeness (QED) is 0.746. The van der Waals surface area contributed by atoms with E-state index in [1.807, 2.05) is 42.6 Å². The molecule has 1 atom stereocenters. The number of hydrogen-bond acceptors (Lipinski definition) is 4. The van der Waals surface area contributed by atoms with Crippen molar-refractivity contribution in [1.82, 2.24) is 19.5 Å². The minimum Gasteiger partial charge on any atom is -0.289 e. The molecule has 5 heteroatoms. The van der Waals surface area contributed by atoms with Crippen LogP contribution >= 0.6 is 0 Å². The Morgan fingerprint density at radius 1 is 1.17 bits per heavy atom. The number of fused-ring (bicyclic) bond motifs is 1. The highest BCUT2D eigenvalue weighted by molar-refractivity contribution is 5.38. The van der Waals surface area contributed by atoms with Gasteiger partial charge in [-0.3, -0.25) is 9.30 Å². The number of nitrogens with zero attached hydrogens (tertiary/aromatic N) is 5. The monoisotopic (exact) mass is 303 g/mol. The van der Waals surface area contributed by atoms with Gasteiger partial charge in [-0.05, 0) is 49.2 Å². The molecule has 1 aromatic carbocycles. The average molecular weight is 303 g/mol. The van der Waals surface area contributed by atoms with Gasteiger partial charge in [0, 0.05) is 12.7 Å². The van der Waals surface area contributed by atoms with Gasteiger partial charge in [-0.1, -0.05) is 18.2 Å². The van der Waals surface area contributed by atoms with E-state index in [4.69, 9.17) is 5.26 Å². The highest BCUT2D eigenvalue weighted by Crippen LogP contribution is 2.32. The van der Waals surface area contributed by atoms with Crippen LogP contribution in [0.3, 0.4) is 0 Å². The molecule has 0 aliphatic carbocycles. The number of aromatic nitrogens is 3. The van der Waals surface area contributed by atoms with Gasteiger partial charge < -0.3 is 0 Å². The van der Waals surface area contributed by atoms with E-state index in [1.54, 1.807) is 0 Å². The van der Waals surface area contributed by atoms with Crippen LogP contribution in [0.25, 0.3) is 5.65 Å². The first kappa shape index (κ1) is 13.9. The van der Waals surface area contributed by atoms with Gasteiger partial charge in [-0.2, -0.15) is 5.26 Å². The van der Waals surface area contributed by atoms with Gasteiger partial charge in [-0.15, -0.1) is 10.2 Å². The first-order valence-corrected chi connectivity index (χ1v) is 7.88. The van der Waals surface area contributed by atoms with Crippen LogP contribution in [-0.4, -0.2) is 26.0 Å². The summed E-state index contributed by atoms with van der Waals surface area (Å²) in [4.78, 5) is 2.43. The van der Waals surface area contributed by atoms with E-state index in [0.29, 0.717) is 5.56 Å². The van der Waals surface area contributed by atoms with Crippen LogP contribution in [0.5, 0.6) is 0 Å². The molecule has 1 aliphatic heterocycles. The molecular formula is C18H17N5. The largest absolute Gasteiger partial charge is 0.289 e. The maximum atomic E-state index is 9.06. The number of rotatable bonds is 3. The molecule has 1 aliphatic rings. The Labute approximate surface area is 134 Å². The van der Waals surface area contributed by atoms with Crippen molar-refractivity contribution < 1.29 is 0 Å². The van der Waals surface area contributed by atoms with Crippen molar-refractivity contribution in [1.29, 1.82) is 5.26 Å². The highest BCUT2D eigenvalue weighted by atomic mass is 15.3. The van der Waals surface area contributed by atoms with Crippen molar-refractivity contribution in [3.05, 3.63) is 65.6 Å². The molecule has 4 rings (SSSR count). The summed E-state index contributed by atoms with van der Waals surface area (Å²) in [5.74, 6) is 1.01. The second kappa shape index (κ2) is 5.82. The van der Waals surface area contributed by atoms with Crippen LogP contribution in [0.1, 0.15) is 35.8 Å². The van der Waals surface area contributed by atoms with Crippen LogP contribution in [0, 0.1) is 11.3 Å². The Morgan fingerprint density at radius 3 is 3.04 bits per heavy atom. The highest BCUT2D eigenvalue weighted by Gasteiger charge is 2.29. The minimum atomic E-state index is 0.276. The molecule has 0 unspecified atom stereocenters. The lowest BCUT2D eigenvalue weighted by Crippen LogP contribution is -2.24. The standard InChI is InChI=1S/C18H17N5/c19-12-14-5-3-6-15(11-14)13-22-9-4-7-16(22)18-21-20-17-8-1-2-10-23(17)18/h1-3,5-6,8,10-11,16H,4,7,9,13H2/t16-/m1/s1. The molecule has 1 saturated heterocycles. The van der Waals surface area contributed by atoms with Gasteiger partial charge in [0.1, 0.15) is 0 Å². The third-order valence-corrected chi connectivity index (χ3v) is 4.44. The smallest absolute Gasteiger partial charge is 0.160 e. The summed E-state index contributed by atoms with van der Waals surface area (Å²) in [7, 11) is 0. The van der Waals surface area contributed by atoms with Crippen molar-refractivity contribution in [3.63, 3.8) is 0 Å². The lowest BCUT2D eigenvalue weighted by Gasteiger charge is -2.23. The lowest BCUT2D eigenvalue weighted by atomic mass is 10.1. The van der Waals surface area contributed by atoms with Crippen LogP contribution in [0.2, 0.25) is 0 Å². The van der Waals surface area contributed by atoms with Crippen LogP contribution in [-0.2, 0) is 6.54 Å². The van der Waals surface area contributed by atoms with Crippen molar-refractivity contribution in [2.24, 2.45) is 0 Å². The average Bonchev–Trinajstić information content (AvgIpc) is 3.21. The zero-order valence-corrected chi connectivity index (χ0v) is 12.8. The number of benzene rings is 1. The maximum Gasteiger partial charge on any atom is 0.160 e. The van der Waals surface area contributed by atoms with Gasteiger partial charge in [-0.25, -0.2) is 0 Å². The molecule has 0 spiro atoms. The summed E-state index contributed by atoms with van der Waals surface area (Å²) >= 11 is 0. The van der Waals surface area contributed by atoms with Crippen LogP contribution < -0.4 is 0 Å². The molecule has 23 heavy (non-hydrogen) atoms. The van der Waals surface area contributed by atoms with Gasteiger partial charge in [0.25, 0.3) is 0 Å². The van der Waals surface area contributed by atoms with E-state index in [2.05, 4.69) is 31.6 Å². The summed E-state index contributed by atoms with van der Waals surface area (Å²) in [6.45, 7) is 1.88. The Kier molecular flexibility index (Phi) is 3.52. The molecule has 0 bridgehead atoms. The van der Waals surface area contributed by atoms with Crippen molar-refractivity contribution in [2.45, 2.75) is 25.4 Å². The van der Waals surface area contributed by atoms with Crippen LogP contribution in [0.4, 0.5) is 0 Å². The zero-order valence-electron chi connectivity index (χ0n) is 12.8. The maximum absolute atomic E-state index is 9.06. The molecule has 3 heterocycles.